The van der Waals surface area contributed by atoms with Crippen LogP contribution in [0.15, 0.2) is 36.5 Å². The highest BCUT2D eigenvalue weighted by molar-refractivity contribution is 5.71. The van der Waals surface area contributed by atoms with Gasteiger partial charge in [-0.15, -0.1) is 0 Å². The van der Waals surface area contributed by atoms with Crippen LogP contribution in [0, 0.1) is 5.92 Å². The van der Waals surface area contributed by atoms with Crippen LogP contribution in [0.2, 0.25) is 0 Å². The lowest BCUT2D eigenvalue weighted by molar-refractivity contribution is 0.164. The zero-order valence-corrected chi connectivity index (χ0v) is 13.1. The molecule has 2 heterocycles. The number of piperidine rings is 1. The van der Waals surface area contributed by atoms with Crippen LogP contribution < -0.4 is 11.1 Å². The maximum absolute atomic E-state index is 10.8. The molecule has 0 radical (unpaired) electrons. The van der Waals surface area contributed by atoms with Crippen molar-refractivity contribution in [1.82, 2.24) is 25.2 Å². The number of aromatic nitrogens is 3. The van der Waals surface area contributed by atoms with Gasteiger partial charge in [-0.2, -0.15) is 15.0 Å². The van der Waals surface area contributed by atoms with Gasteiger partial charge in [0.05, 0.1) is 17.6 Å². The van der Waals surface area contributed by atoms with Gasteiger partial charge in [-0.3, -0.25) is 4.90 Å². The van der Waals surface area contributed by atoms with E-state index in [1.165, 1.54) is 0 Å². The molecular formula is C16H22N6O. The maximum Gasteiger partial charge on any atom is 0.312 e. The van der Waals surface area contributed by atoms with E-state index in [4.69, 9.17) is 5.73 Å². The van der Waals surface area contributed by atoms with Crippen LogP contribution in [-0.2, 0) is 6.54 Å². The molecule has 1 aliphatic heterocycles. The number of primary amides is 1. The number of likely N-dealkylation sites (tertiary alicyclic amines) is 1. The Labute approximate surface area is 135 Å². The number of hydrogen-bond donors (Lipinski definition) is 2. The largest absolute Gasteiger partial charge is 0.352 e. The van der Waals surface area contributed by atoms with Crippen molar-refractivity contribution in [3.05, 3.63) is 42.2 Å². The Morgan fingerprint density at radius 2 is 2.17 bits per heavy atom. The average molecular weight is 314 g/mol. The number of nitrogens with two attached hydrogens (primary N) is 1. The van der Waals surface area contributed by atoms with Gasteiger partial charge >= 0.3 is 6.03 Å². The van der Waals surface area contributed by atoms with Gasteiger partial charge in [-0.25, -0.2) is 4.79 Å². The van der Waals surface area contributed by atoms with E-state index in [9.17, 15) is 4.79 Å². The van der Waals surface area contributed by atoms with E-state index in [1.54, 1.807) is 4.80 Å². The monoisotopic (exact) mass is 314 g/mol. The lowest BCUT2D eigenvalue weighted by atomic mass is 9.98. The molecule has 1 aromatic carbocycles. The van der Waals surface area contributed by atoms with Gasteiger partial charge in [0.25, 0.3) is 0 Å². The summed E-state index contributed by atoms with van der Waals surface area (Å²) in [6, 6.07) is 9.43. The number of hydrogen-bond acceptors (Lipinski definition) is 4. The topological polar surface area (TPSA) is 89.1 Å². The van der Waals surface area contributed by atoms with Crippen molar-refractivity contribution in [2.75, 3.05) is 19.6 Å². The predicted molar refractivity (Wildman–Crippen MR) is 86.9 cm³/mol. The molecule has 0 aliphatic carbocycles. The normalized spacial score (nSPS) is 18.7. The second kappa shape index (κ2) is 7.23. The highest BCUT2D eigenvalue weighted by Crippen LogP contribution is 2.17. The first-order valence-corrected chi connectivity index (χ1v) is 7.93. The van der Waals surface area contributed by atoms with Gasteiger partial charge in [0.15, 0.2) is 0 Å². The highest BCUT2D eigenvalue weighted by atomic mass is 16.2. The van der Waals surface area contributed by atoms with Gasteiger partial charge in [-0.1, -0.05) is 18.2 Å². The van der Waals surface area contributed by atoms with Crippen LogP contribution in [0.4, 0.5) is 4.79 Å². The fraction of sp³-hybridized carbons (Fsp3) is 0.438. The van der Waals surface area contributed by atoms with Crippen molar-refractivity contribution >= 4 is 6.03 Å². The van der Waals surface area contributed by atoms with E-state index >= 15 is 0 Å². The molecule has 2 amide bonds. The first-order chi connectivity index (χ1) is 11.2. The molecule has 1 atom stereocenters. The molecule has 0 bridgehead atoms. The van der Waals surface area contributed by atoms with E-state index in [2.05, 4.69) is 20.4 Å². The first-order valence-electron chi connectivity index (χ1n) is 7.93. The average Bonchev–Trinajstić information content (AvgIpc) is 3.03. The molecule has 7 heteroatoms. The quantitative estimate of drug-likeness (QED) is 0.866. The summed E-state index contributed by atoms with van der Waals surface area (Å²) in [4.78, 5) is 14.8. The van der Waals surface area contributed by atoms with Gasteiger partial charge in [0, 0.05) is 19.6 Å². The van der Waals surface area contributed by atoms with Crippen LogP contribution in [0.3, 0.4) is 0 Å². The Kier molecular flexibility index (Phi) is 4.87. The van der Waals surface area contributed by atoms with E-state index in [0.29, 0.717) is 12.5 Å². The third kappa shape index (κ3) is 4.29. The van der Waals surface area contributed by atoms with E-state index < -0.39 is 6.03 Å². The number of amides is 2. The number of nitrogens with one attached hydrogen (secondary N) is 1. The van der Waals surface area contributed by atoms with E-state index in [-0.39, 0.29) is 0 Å². The fourth-order valence-electron chi connectivity index (χ4n) is 2.99. The van der Waals surface area contributed by atoms with Crippen LogP contribution in [0.25, 0.3) is 5.69 Å². The maximum atomic E-state index is 10.8. The number of urea groups is 1. The number of para-hydroxylation sites is 1. The molecule has 1 unspecified atom stereocenters. The van der Waals surface area contributed by atoms with Crippen molar-refractivity contribution in [2.45, 2.75) is 19.4 Å². The van der Waals surface area contributed by atoms with Crippen LogP contribution >= 0.6 is 0 Å². The molecule has 0 spiro atoms. The minimum atomic E-state index is -0.451. The molecule has 2 aromatic rings. The molecule has 23 heavy (non-hydrogen) atoms. The van der Waals surface area contributed by atoms with Crippen LogP contribution in [0.1, 0.15) is 18.5 Å². The molecule has 1 saturated heterocycles. The third-order valence-electron chi connectivity index (χ3n) is 4.08. The summed E-state index contributed by atoms with van der Waals surface area (Å²) in [5, 5.41) is 11.6. The van der Waals surface area contributed by atoms with Gasteiger partial charge in [-0.05, 0) is 37.4 Å². The lowest BCUT2D eigenvalue weighted by Crippen LogP contribution is -2.41. The van der Waals surface area contributed by atoms with Gasteiger partial charge < -0.3 is 11.1 Å². The zero-order chi connectivity index (χ0) is 16.1. The molecule has 3 rings (SSSR count). The summed E-state index contributed by atoms with van der Waals surface area (Å²) in [6.45, 7) is 3.41. The van der Waals surface area contributed by atoms with Crippen molar-refractivity contribution in [3.8, 4) is 5.69 Å². The minimum Gasteiger partial charge on any atom is -0.352 e. The molecule has 0 saturated carbocycles. The third-order valence-corrected chi connectivity index (χ3v) is 4.08. The standard InChI is InChI=1S/C16H22N6O/c17-16(23)18-9-13-5-4-8-21(11-13)12-14-10-19-22(20-14)15-6-2-1-3-7-15/h1-3,6-7,10,13H,4-5,8-9,11-12H2,(H3,17,18,23). The molecule has 3 N–H and O–H groups in total. The summed E-state index contributed by atoms with van der Waals surface area (Å²) in [6.07, 6.45) is 4.06. The number of nitrogens with zero attached hydrogens (tertiary/aromatic N) is 4. The fourth-order valence-corrected chi connectivity index (χ4v) is 2.99. The van der Waals surface area contributed by atoms with Gasteiger partial charge in [0.1, 0.15) is 0 Å². The van der Waals surface area contributed by atoms with E-state index in [0.717, 1.165) is 43.9 Å². The minimum absolute atomic E-state index is 0.445. The van der Waals surface area contributed by atoms with Crippen molar-refractivity contribution in [2.24, 2.45) is 11.7 Å². The van der Waals surface area contributed by atoms with Crippen molar-refractivity contribution in [3.63, 3.8) is 0 Å². The second-order valence-electron chi connectivity index (χ2n) is 5.95. The van der Waals surface area contributed by atoms with E-state index in [1.807, 2.05) is 36.5 Å². The molecule has 1 aliphatic rings. The Morgan fingerprint density at radius 3 is 2.96 bits per heavy atom. The molecule has 1 aromatic heterocycles. The summed E-state index contributed by atoms with van der Waals surface area (Å²) in [7, 11) is 0. The van der Waals surface area contributed by atoms with Crippen molar-refractivity contribution in [1.29, 1.82) is 0 Å². The summed E-state index contributed by atoms with van der Waals surface area (Å²) >= 11 is 0. The number of carbonyl (C=O) groups excluding carboxylic acids is 1. The summed E-state index contributed by atoms with van der Waals surface area (Å²) in [5.41, 5.74) is 7.06. The van der Waals surface area contributed by atoms with Crippen LogP contribution in [-0.4, -0.2) is 45.6 Å². The Bertz CT molecular complexity index is 641. The Morgan fingerprint density at radius 1 is 1.35 bits per heavy atom. The Balaban J connectivity index is 1.57. The SMILES string of the molecule is NC(=O)NCC1CCCN(Cc2cnn(-c3ccccc3)n2)C1. The molecule has 122 valence electrons. The smallest absolute Gasteiger partial charge is 0.312 e. The lowest BCUT2D eigenvalue weighted by Gasteiger charge is -2.32. The van der Waals surface area contributed by atoms with Gasteiger partial charge in [0.2, 0.25) is 0 Å². The number of benzene rings is 1. The summed E-state index contributed by atoms with van der Waals surface area (Å²) < 4.78 is 0. The highest BCUT2D eigenvalue weighted by Gasteiger charge is 2.21. The molecule has 7 nitrogen and oxygen atoms in total. The Hall–Kier alpha value is -2.41. The van der Waals surface area contributed by atoms with Crippen molar-refractivity contribution < 1.29 is 4.79 Å². The molecular weight excluding hydrogens is 292 g/mol. The predicted octanol–water partition coefficient (Wildman–Crippen LogP) is 1.15. The number of carbonyl (C=O) groups is 1. The first kappa shape index (κ1) is 15.5. The van der Waals surface area contributed by atoms with Crippen LogP contribution in [0.5, 0.6) is 0 Å². The zero-order valence-electron chi connectivity index (χ0n) is 13.1. The second-order valence-corrected chi connectivity index (χ2v) is 5.95. The summed E-state index contributed by atoms with van der Waals surface area (Å²) in [5.74, 6) is 0.445. The number of rotatable bonds is 5. The molecule has 1 fully saturated rings.